The van der Waals surface area contributed by atoms with E-state index < -0.39 is 17.2 Å². The van der Waals surface area contributed by atoms with Crippen LogP contribution >= 0.6 is 15.9 Å². The highest BCUT2D eigenvalue weighted by Gasteiger charge is 2.31. The first-order chi connectivity index (χ1) is 12.5. The molecule has 1 atom stereocenters. The summed E-state index contributed by atoms with van der Waals surface area (Å²) in [4.78, 5) is 12.3. The van der Waals surface area contributed by atoms with Gasteiger partial charge in [-0.1, -0.05) is 54.0 Å². The lowest BCUT2D eigenvalue weighted by atomic mass is 9.91. The number of carbonyl (C=O) groups excluding carboxylic acids is 1. The molecular weight excluding hydrogens is 406 g/mol. The first kappa shape index (κ1) is 21.5. The lowest BCUT2D eigenvalue weighted by molar-refractivity contribution is 0.0409. The topological polar surface area (TPSA) is 47.6 Å². The molecule has 148 valence electrons. The molecular formula is C22H30BrNO3. The molecule has 0 aliphatic rings. The summed E-state index contributed by atoms with van der Waals surface area (Å²) >= 11 is 3.59. The normalized spacial score (nSPS) is 14.1. The Morgan fingerprint density at radius 1 is 1.07 bits per heavy atom. The highest BCUT2D eigenvalue weighted by Crippen LogP contribution is 2.32. The van der Waals surface area contributed by atoms with Crippen LogP contribution in [-0.4, -0.2) is 23.8 Å². The van der Waals surface area contributed by atoms with Gasteiger partial charge in [0.05, 0.1) is 5.54 Å². The van der Waals surface area contributed by atoms with Crippen LogP contribution in [0.2, 0.25) is 0 Å². The highest BCUT2D eigenvalue weighted by molar-refractivity contribution is 9.10. The standard InChI is InChI=1S/C22H30BrNO3/c1-15(2)13-22(6,24-20(25)27-21(3,4)5)14-26-19-12-11-18(23)16-9-7-8-10-17(16)19/h7-12,15H,13-14H2,1-6H3,(H,24,25)/t22-/m0/s1. The molecule has 0 bridgehead atoms. The number of ether oxygens (including phenoxy) is 2. The van der Waals surface area contributed by atoms with Gasteiger partial charge in [0.25, 0.3) is 0 Å². The van der Waals surface area contributed by atoms with Crippen LogP contribution in [0.4, 0.5) is 4.79 Å². The minimum absolute atomic E-state index is 0.357. The summed E-state index contributed by atoms with van der Waals surface area (Å²) in [6, 6.07) is 12.0. The van der Waals surface area contributed by atoms with Crippen molar-refractivity contribution < 1.29 is 14.3 Å². The van der Waals surface area contributed by atoms with Gasteiger partial charge in [-0.25, -0.2) is 4.79 Å². The van der Waals surface area contributed by atoms with Gasteiger partial charge in [-0.05, 0) is 57.6 Å². The monoisotopic (exact) mass is 435 g/mol. The molecule has 1 N–H and O–H groups in total. The molecule has 0 heterocycles. The van der Waals surface area contributed by atoms with Crippen LogP contribution in [0.15, 0.2) is 40.9 Å². The van der Waals surface area contributed by atoms with Crippen LogP contribution in [-0.2, 0) is 4.74 Å². The maximum atomic E-state index is 12.3. The fourth-order valence-electron chi connectivity index (χ4n) is 3.19. The van der Waals surface area contributed by atoms with E-state index in [1.165, 1.54) is 0 Å². The molecule has 2 rings (SSSR count). The fraction of sp³-hybridized carbons (Fsp3) is 0.500. The predicted octanol–water partition coefficient (Wildman–Crippen LogP) is 6.31. The number of hydrogen-bond donors (Lipinski definition) is 1. The minimum Gasteiger partial charge on any atom is -0.491 e. The number of carbonyl (C=O) groups is 1. The van der Waals surface area contributed by atoms with Crippen molar-refractivity contribution in [2.24, 2.45) is 5.92 Å². The Balaban J connectivity index is 2.19. The number of rotatable bonds is 6. The number of fused-ring (bicyclic) bond motifs is 1. The number of hydrogen-bond acceptors (Lipinski definition) is 3. The quantitative estimate of drug-likeness (QED) is 0.577. The Morgan fingerprint density at radius 2 is 1.70 bits per heavy atom. The van der Waals surface area contributed by atoms with Gasteiger partial charge < -0.3 is 14.8 Å². The van der Waals surface area contributed by atoms with Crippen molar-refractivity contribution in [3.05, 3.63) is 40.9 Å². The average Bonchev–Trinajstić information content (AvgIpc) is 2.51. The number of amides is 1. The van der Waals surface area contributed by atoms with E-state index in [9.17, 15) is 4.79 Å². The zero-order chi connectivity index (χ0) is 20.2. The molecule has 2 aromatic rings. The Labute approximate surface area is 170 Å². The van der Waals surface area contributed by atoms with Gasteiger partial charge in [0.2, 0.25) is 0 Å². The predicted molar refractivity (Wildman–Crippen MR) is 114 cm³/mol. The van der Waals surface area contributed by atoms with Gasteiger partial charge >= 0.3 is 6.09 Å². The van der Waals surface area contributed by atoms with E-state index in [-0.39, 0.29) is 0 Å². The molecule has 27 heavy (non-hydrogen) atoms. The summed E-state index contributed by atoms with van der Waals surface area (Å²) in [5, 5.41) is 5.15. The molecule has 0 saturated carbocycles. The minimum atomic E-state index is -0.537. The van der Waals surface area contributed by atoms with Crippen LogP contribution < -0.4 is 10.1 Å². The van der Waals surface area contributed by atoms with E-state index in [0.717, 1.165) is 27.4 Å². The van der Waals surface area contributed by atoms with Crippen molar-refractivity contribution in [1.29, 1.82) is 0 Å². The largest absolute Gasteiger partial charge is 0.491 e. The maximum Gasteiger partial charge on any atom is 0.408 e. The molecule has 2 aromatic carbocycles. The molecule has 0 unspecified atom stereocenters. The Morgan fingerprint density at radius 3 is 2.30 bits per heavy atom. The molecule has 4 nitrogen and oxygen atoms in total. The number of halogens is 1. The van der Waals surface area contributed by atoms with Crippen molar-refractivity contribution in [2.75, 3.05) is 6.61 Å². The summed E-state index contributed by atoms with van der Waals surface area (Å²) in [5.74, 6) is 1.20. The van der Waals surface area contributed by atoms with Gasteiger partial charge in [-0.2, -0.15) is 0 Å². The summed E-state index contributed by atoms with van der Waals surface area (Å²) < 4.78 is 12.7. The Hall–Kier alpha value is -1.75. The Kier molecular flexibility index (Phi) is 6.79. The van der Waals surface area contributed by atoms with Crippen molar-refractivity contribution in [3.8, 4) is 5.75 Å². The molecule has 0 aliphatic carbocycles. The zero-order valence-corrected chi connectivity index (χ0v) is 18.6. The molecule has 0 radical (unpaired) electrons. The second-order valence-corrected chi connectivity index (χ2v) is 9.52. The first-order valence-corrected chi connectivity index (χ1v) is 10.1. The smallest absolute Gasteiger partial charge is 0.408 e. The molecule has 0 fully saturated rings. The molecule has 0 aromatic heterocycles. The number of benzene rings is 2. The van der Waals surface area contributed by atoms with Gasteiger partial charge in [0.1, 0.15) is 18.0 Å². The third-order valence-corrected chi connectivity index (χ3v) is 4.73. The van der Waals surface area contributed by atoms with E-state index in [0.29, 0.717) is 12.5 Å². The molecule has 5 heteroatoms. The van der Waals surface area contributed by atoms with E-state index in [1.54, 1.807) is 0 Å². The van der Waals surface area contributed by atoms with Crippen molar-refractivity contribution in [2.45, 2.75) is 59.1 Å². The molecule has 0 spiro atoms. The number of alkyl carbamates (subject to hydrolysis) is 1. The fourth-order valence-corrected chi connectivity index (χ4v) is 3.67. The van der Waals surface area contributed by atoms with Crippen molar-refractivity contribution in [1.82, 2.24) is 5.32 Å². The SMILES string of the molecule is CC(C)C[C@@](C)(COc1ccc(Br)c2ccccc12)NC(=O)OC(C)(C)C. The lowest BCUT2D eigenvalue weighted by Gasteiger charge is -2.33. The van der Waals surface area contributed by atoms with Gasteiger partial charge in [-0.3, -0.25) is 0 Å². The summed E-state index contributed by atoms with van der Waals surface area (Å²) in [7, 11) is 0. The van der Waals surface area contributed by atoms with E-state index in [4.69, 9.17) is 9.47 Å². The Bertz CT molecular complexity index is 798. The van der Waals surface area contributed by atoms with Crippen LogP contribution in [0.1, 0.15) is 48.0 Å². The third-order valence-electron chi connectivity index (χ3n) is 4.04. The van der Waals surface area contributed by atoms with Crippen LogP contribution in [0, 0.1) is 5.92 Å². The number of nitrogens with one attached hydrogen (secondary N) is 1. The van der Waals surface area contributed by atoms with Gasteiger partial charge in [0.15, 0.2) is 0 Å². The highest BCUT2D eigenvalue weighted by atomic mass is 79.9. The lowest BCUT2D eigenvalue weighted by Crippen LogP contribution is -2.52. The van der Waals surface area contributed by atoms with E-state index in [1.807, 2.05) is 58.0 Å². The van der Waals surface area contributed by atoms with Crippen molar-refractivity contribution in [3.63, 3.8) is 0 Å². The average molecular weight is 436 g/mol. The van der Waals surface area contributed by atoms with Crippen LogP contribution in [0.25, 0.3) is 10.8 Å². The second-order valence-electron chi connectivity index (χ2n) is 8.67. The van der Waals surface area contributed by atoms with E-state index in [2.05, 4.69) is 41.2 Å². The van der Waals surface area contributed by atoms with Gasteiger partial charge in [0, 0.05) is 9.86 Å². The second kappa shape index (κ2) is 8.51. The summed E-state index contributed by atoms with van der Waals surface area (Å²) in [5.41, 5.74) is -1.07. The third kappa shape index (κ3) is 6.42. The molecule has 0 saturated heterocycles. The first-order valence-electron chi connectivity index (χ1n) is 9.30. The zero-order valence-electron chi connectivity index (χ0n) is 17.1. The van der Waals surface area contributed by atoms with Crippen molar-refractivity contribution >= 4 is 32.8 Å². The van der Waals surface area contributed by atoms with Crippen LogP contribution in [0.5, 0.6) is 5.75 Å². The molecule has 0 aliphatic heterocycles. The van der Waals surface area contributed by atoms with E-state index >= 15 is 0 Å². The summed E-state index contributed by atoms with van der Waals surface area (Å²) in [6.07, 6.45) is 0.357. The van der Waals surface area contributed by atoms with Gasteiger partial charge in [-0.15, -0.1) is 0 Å². The molecule has 1 amide bonds. The maximum absolute atomic E-state index is 12.3. The van der Waals surface area contributed by atoms with Crippen LogP contribution in [0.3, 0.4) is 0 Å². The summed E-state index contributed by atoms with van der Waals surface area (Å²) in [6.45, 7) is 12.2.